The minimum absolute atomic E-state index is 0.108. The molecule has 0 saturated carbocycles. The summed E-state index contributed by atoms with van der Waals surface area (Å²) < 4.78 is 36.3. The van der Waals surface area contributed by atoms with Crippen LogP contribution in [-0.2, 0) is 0 Å². The first-order valence-corrected chi connectivity index (χ1v) is 5.70. The second-order valence-corrected chi connectivity index (χ2v) is 4.10. The largest absolute Gasteiger partial charge is 0.390 e. The molecule has 5 nitrogen and oxygen atoms in total. The molecule has 1 aromatic carbocycles. The van der Waals surface area contributed by atoms with Crippen LogP contribution in [0.5, 0.6) is 0 Å². The third-order valence-electron chi connectivity index (χ3n) is 2.72. The normalized spacial score (nSPS) is 11.6. The van der Waals surface area contributed by atoms with E-state index in [1.54, 1.807) is 0 Å². The van der Waals surface area contributed by atoms with Crippen molar-refractivity contribution in [3.63, 3.8) is 0 Å². The number of anilines is 1. The van der Waals surface area contributed by atoms with E-state index in [1.807, 2.05) is 0 Å². The Hall–Kier alpha value is -2.38. The fourth-order valence-corrected chi connectivity index (χ4v) is 1.83. The van der Waals surface area contributed by atoms with Crippen LogP contribution in [0, 0.1) is 10.1 Å². The quantitative estimate of drug-likeness (QED) is 0.689. The molecule has 1 N–H and O–H groups in total. The molecule has 2 rings (SSSR count). The summed E-state index contributed by atoms with van der Waals surface area (Å²) in [5, 5.41) is 14.3. The number of non-ortho nitro benzene ring substituents is 1. The van der Waals surface area contributed by atoms with Crippen LogP contribution in [0.25, 0.3) is 10.8 Å². The maximum Gasteiger partial charge on any atom is 0.390 e. The van der Waals surface area contributed by atoms with Crippen molar-refractivity contribution in [3.05, 3.63) is 40.7 Å². The Morgan fingerprint density at radius 2 is 2.00 bits per heavy atom. The molecule has 2 aromatic rings. The van der Waals surface area contributed by atoms with Gasteiger partial charge in [0.1, 0.15) is 0 Å². The molecule has 20 heavy (non-hydrogen) atoms. The van der Waals surface area contributed by atoms with Gasteiger partial charge in [-0.05, 0) is 12.1 Å². The molecule has 0 unspecified atom stereocenters. The van der Waals surface area contributed by atoms with E-state index < -0.39 is 17.5 Å². The van der Waals surface area contributed by atoms with Crippen molar-refractivity contribution < 1.29 is 18.1 Å². The van der Waals surface area contributed by atoms with E-state index in [-0.39, 0.29) is 12.2 Å². The highest BCUT2D eigenvalue weighted by molar-refractivity contribution is 5.99. The molecule has 0 aliphatic heterocycles. The predicted octanol–water partition coefficient (Wildman–Crippen LogP) is 3.51. The molecule has 0 atom stereocenters. The first kappa shape index (κ1) is 14.0. The number of nitrogens with one attached hydrogen (secondary N) is 1. The first-order valence-electron chi connectivity index (χ1n) is 5.70. The molecule has 8 heteroatoms. The predicted molar refractivity (Wildman–Crippen MR) is 67.6 cm³/mol. The zero-order valence-corrected chi connectivity index (χ0v) is 10.1. The second-order valence-electron chi connectivity index (χ2n) is 4.10. The SMILES string of the molecule is O=[N+]([O-])c1ccc(NCCC(F)(F)F)c2cnccc12. The van der Waals surface area contributed by atoms with Crippen molar-refractivity contribution in [2.45, 2.75) is 12.6 Å². The topological polar surface area (TPSA) is 68.1 Å². The zero-order valence-electron chi connectivity index (χ0n) is 10.1. The van der Waals surface area contributed by atoms with E-state index in [0.29, 0.717) is 16.5 Å². The molecule has 0 radical (unpaired) electrons. The van der Waals surface area contributed by atoms with Crippen LogP contribution in [0.3, 0.4) is 0 Å². The number of rotatable bonds is 4. The lowest BCUT2D eigenvalue weighted by atomic mass is 10.1. The standard InChI is InChI=1S/C12H10F3N3O2/c13-12(14,15)4-6-17-10-1-2-11(18(19)20)8-3-5-16-7-9(8)10/h1-3,5,7,17H,4,6H2. The number of hydrogen-bond donors (Lipinski definition) is 1. The van der Waals surface area contributed by atoms with Gasteiger partial charge in [-0.15, -0.1) is 0 Å². The smallest absolute Gasteiger partial charge is 0.384 e. The van der Waals surface area contributed by atoms with Crippen molar-refractivity contribution in [1.82, 2.24) is 4.98 Å². The number of halogens is 3. The van der Waals surface area contributed by atoms with Gasteiger partial charge in [0.25, 0.3) is 5.69 Å². The molecule has 0 amide bonds. The maximum absolute atomic E-state index is 12.1. The summed E-state index contributed by atoms with van der Waals surface area (Å²) in [5.74, 6) is 0. The van der Waals surface area contributed by atoms with Gasteiger partial charge in [-0.1, -0.05) is 0 Å². The molecular formula is C12H10F3N3O2. The highest BCUT2D eigenvalue weighted by atomic mass is 19.4. The summed E-state index contributed by atoms with van der Waals surface area (Å²) in [6.45, 7) is -0.300. The Balaban J connectivity index is 2.31. The average Bonchev–Trinajstić information content (AvgIpc) is 2.37. The number of hydrogen-bond acceptors (Lipinski definition) is 4. The van der Waals surface area contributed by atoms with Crippen LogP contribution in [0.2, 0.25) is 0 Å². The van der Waals surface area contributed by atoms with Crippen molar-refractivity contribution in [2.75, 3.05) is 11.9 Å². The van der Waals surface area contributed by atoms with Crippen molar-refractivity contribution in [1.29, 1.82) is 0 Å². The number of nitro benzene ring substituents is 1. The Kier molecular flexibility index (Phi) is 3.73. The molecule has 106 valence electrons. The van der Waals surface area contributed by atoms with E-state index >= 15 is 0 Å². The van der Waals surface area contributed by atoms with Gasteiger partial charge in [-0.25, -0.2) is 0 Å². The fraction of sp³-hybridized carbons (Fsp3) is 0.250. The van der Waals surface area contributed by atoms with Gasteiger partial charge in [0.2, 0.25) is 0 Å². The minimum Gasteiger partial charge on any atom is -0.384 e. The van der Waals surface area contributed by atoms with Crippen molar-refractivity contribution in [2.24, 2.45) is 0 Å². The molecule has 0 bridgehead atoms. The Bertz CT molecular complexity index is 643. The van der Waals surface area contributed by atoms with Crippen molar-refractivity contribution >= 4 is 22.1 Å². The summed E-state index contributed by atoms with van der Waals surface area (Å²) in [6, 6.07) is 4.11. The molecule has 0 spiro atoms. The lowest BCUT2D eigenvalue weighted by molar-refractivity contribution is -0.383. The van der Waals surface area contributed by atoms with Crippen LogP contribution >= 0.6 is 0 Å². The van der Waals surface area contributed by atoms with Gasteiger partial charge in [0, 0.05) is 36.1 Å². The number of nitrogens with zero attached hydrogens (tertiary/aromatic N) is 2. The zero-order chi connectivity index (χ0) is 14.8. The summed E-state index contributed by atoms with van der Waals surface area (Å²) >= 11 is 0. The average molecular weight is 285 g/mol. The molecule has 0 saturated heterocycles. The van der Waals surface area contributed by atoms with E-state index in [1.165, 1.54) is 30.6 Å². The summed E-state index contributed by atoms with van der Waals surface area (Å²) in [7, 11) is 0. The monoisotopic (exact) mass is 285 g/mol. The molecule has 0 aliphatic rings. The van der Waals surface area contributed by atoms with E-state index in [4.69, 9.17) is 0 Å². The number of pyridine rings is 1. The van der Waals surface area contributed by atoms with Crippen LogP contribution in [0.15, 0.2) is 30.6 Å². The van der Waals surface area contributed by atoms with E-state index in [2.05, 4.69) is 10.3 Å². The maximum atomic E-state index is 12.1. The minimum atomic E-state index is -4.25. The van der Waals surface area contributed by atoms with E-state index in [0.717, 1.165) is 0 Å². The van der Waals surface area contributed by atoms with Crippen LogP contribution in [-0.4, -0.2) is 22.6 Å². The summed E-state index contributed by atoms with van der Waals surface area (Å²) in [4.78, 5) is 14.2. The molecule has 0 aliphatic carbocycles. The number of aromatic nitrogens is 1. The highest BCUT2D eigenvalue weighted by Gasteiger charge is 2.26. The van der Waals surface area contributed by atoms with Gasteiger partial charge >= 0.3 is 6.18 Å². The van der Waals surface area contributed by atoms with Gasteiger partial charge in [0.05, 0.1) is 16.7 Å². The molecular weight excluding hydrogens is 275 g/mol. The third-order valence-corrected chi connectivity index (χ3v) is 2.72. The van der Waals surface area contributed by atoms with Gasteiger partial charge in [-0.2, -0.15) is 13.2 Å². The van der Waals surface area contributed by atoms with Crippen LogP contribution in [0.4, 0.5) is 24.5 Å². The molecule has 0 fully saturated rings. The van der Waals surface area contributed by atoms with E-state index in [9.17, 15) is 23.3 Å². The first-order chi connectivity index (χ1) is 9.38. The second kappa shape index (κ2) is 5.32. The fourth-order valence-electron chi connectivity index (χ4n) is 1.83. The highest BCUT2D eigenvalue weighted by Crippen LogP contribution is 2.31. The Morgan fingerprint density at radius 3 is 2.65 bits per heavy atom. The lowest BCUT2D eigenvalue weighted by Gasteiger charge is -2.11. The number of benzene rings is 1. The van der Waals surface area contributed by atoms with Gasteiger partial charge < -0.3 is 5.32 Å². The number of alkyl halides is 3. The van der Waals surface area contributed by atoms with Crippen LogP contribution in [0.1, 0.15) is 6.42 Å². The van der Waals surface area contributed by atoms with Gasteiger partial charge in [-0.3, -0.25) is 15.1 Å². The Morgan fingerprint density at radius 1 is 1.25 bits per heavy atom. The van der Waals surface area contributed by atoms with Crippen molar-refractivity contribution in [3.8, 4) is 0 Å². The summed E-state index contributed by atoms with van der Waals surface area (Å²) in [6.07, 6.45) is -2.44. The number of fused-ring (bicyclic) bond motifs is 1. The Labute approximate surface area is 111 Å². The summed E-state index contributed by atoms with van der Waals surface area (Å²) in [5.41, 5.74) is 0.284. The van der Waals surface area contributed by atoms with Crippen LogP contribution < -0.4 is 5.32 Å². The molecule has 1 aromatic heterocycles. The van der Waals surface area contributed by atoms with Gasteiger partial charge in [0.15, 0.2) is 0 Å². The number of nitro groups is 1. The lowest BCUT2D eigenvalue weighted by Crippen LogP contribution is -2.14. The third kappa shape index (κ3) is 3.14. The molecule has 1 heterocycles.